The lowest BCUT2D eigenvalue weighted by Gasteiger charge is -2.32. The summed E-state index contributed by atoms with van der Waals surface area (Å²) in [5.74, 6) is 0. The molecule has 1 aliphatic rings. The lowest BCUT2D eigenvalue weighted by Crippen LogP contribution is -2.36. The normalized spacial score (nSPS) is 21.1. The van der Waals surface area contributed by atoms with Gasteiger partial charge in [-0.2, -0.15) is 0 Å². The van der Waals surface area contributed by atoms with E-state index in [0.29, 0.717) is 0 Å². The topological polar surface area (TPSA) is 8.17 Å². The molecule has 1 saturated heterocycles. The van der Waals surface area contributed by atoms with Crippen LogP contribution in [0.5, 0.6) is 0 Å². The highest BCUT2D eigenvalue weighted by Gasteiger charge is 2.18. The van der Waals surface area contributed by atoms with Crippen LogP contribution >= 0.6 is 0 Å². The van der Waals surface area contributed by atoms with Crippen LogP contribution in [0.3, 0.4) is 0 Å². The summed E-state index contributed by atoms with van der Waals surface area (Å²) < 4.78 is 2.44. The molecule has 2 nitrogen and oxygen atoms in total. The second-order valence-electron chi connectivity index (χ2n) is 5.94. The minimum Gasteiger partial charge on any atom is -0.347 e. The molecule has 0 radical (unpaired) electrons. The monoisotopic (exact) mass is 256 g/mol. The van der Waals surface area contributed by atoms with Gasteiger partial charge in [-0.25, -0.2) is 0 Å². The van der Waals surface area contributed by atoms with E-state index in [0.717, 1.165) is 12.6 Å². The molecule has 0 N–H and O–H groups in total. The summed E-state index contributed by atoms with van der Waals surface area (Å²) in [6, 6.07) is 9.59. The van der Waals surface area contributed by atoms with Crippen LogP contribution in [0.25, 0.3) is 10.9 Å². The number of hydrogen-bond donors (Lipinski definition) is 0. The van der Waals surface area contributed by atoms with Crippen LogP contribution in [0, 0.1) is 6.92 Å². The molecule has 2 heteroatoms. The first kappa shape index (κ1) is 12.7. The van der Waals surface area contributed by atoms with E-state index in [2.05, 4.69) is 53.9 Å². The number of piperidine rings is 1. The molecule has 102 valence electrons. The van der Waals surface area contributed by atoms with Crippen LogP contribution in [0.4, 0.5) is 0 Å². The van der Waals surface area contributed by atoms with E-state index in [4.69, 9.17) is 0 Å². The number of nitrogens with zero attached hydrogens (tertiary/aromatic N) is 2. The second-order valence-corrected chi connectivity index (χ2v) is 5.94. The molecule has 3 rings (SSSR count). The number of benzene rings is 1. The Morgan fingerprint density at radius 3 is 2.95 bits per heavy atom. The largest absolute Gasteiger partial charge is 0.347 e. The molecular weight excluding hydrogens is 232 g/mol. The van der Waals surface area contributed by atoms with Crippen LogP contribution in [0.2, 0.25) is 0 Å². The summed E-state index contributed by atoms with van der Waals surface area (Å²) in [5, 5.41) is 1.37. The number of aromatic nitrogens is 1. The van der Waals surface area contributed by atoms with Crippen LogP contribution in [0.1, 0.15) is 31.2 Å². The van der Waals surface area contributed by atoms with E-state index in [1.54, 1.807) is 0 Å². The van der Waals surface area contributed by atoms with Gasteiger partial charge in [0.25, 0.3) is 0 Å². The van der Waals surface area contributed by atoms with Gasteiger partial charge in [-0.1, -0.05) is 24.6 Å². The van der Waals surface area contributed by atoms with Gasteiger partial charge in [0.1, 0.15) is 0 Å². The summed E-state index contributed by atoms with van der Waals surface area (Å²) in [5.41, 5.74) is 2.81. The Bertz CT molecular complexity index is 555. The van der Waals surface area contributed by atoms with E-state index in [1.165, 1.54) is 48.7 Å². The fourth-order valence-corrected chi connectivity index (χ4v) is 3.44. The van der Waals surface area contributed by atoms with Crippen molar-refractivity contribution in [3.05, 3.63) is 36.0 Å². The van der Waals surface area contributed by atoms with Crippen LogP contribution in [-0.4, -0.2) is 29.1 Å². The highest BCUT2D eigenvalue weighted by Crippen LogP contribution is 2.22. The summed E-state index contributed by atoms with van der Waals surface area (Å²) in [7, 11) is 2.28. The van der Waals surface area contributed by atoms with Crippen molar-refractivity contribution in [2.45, 2.75) is 45.2 Å². The quantitative estimate of drug-likeness (QED) is 0.810. The van der Waals surface area contributed by atoms with Crippen molar-refractivity contribution in [1.29, 1.82) is 0 Å². The molecule has 0 bridgehead atoms. The van der Waals surface area contributed by atoms with Gasteiger partial charge in [0.2, 0.25) is 0 Å². The third kappa shape index (κ3) is 2.55. The minimum atomic E-state index is 0.773. The molecule has 1 aliphatic heterocycles. The molecule has 2 aromatic rings. The summed E-state index contributed by atoms with van der Waals surface area (Å²) in [4.78, 5) is 2.54. The Morgan fingerprint density at radius 2 is 2.11 bits per heavy atom. The van der Waals surface area contributed by atoms with Gasteiger partial charge in [-0.05, 0) is 56.8 Å². The molecule has 0 saturated carbocycles. The molecular formula is C17H24N2. The predicted octanol–water partition coefficient (Wildman–Crippen LogP) is 3.82. The summed E-state index contributed by atoms with van der Waals surface area (Å²) in [6.45, 7) is 4.63. The number of aryl methyl sites for hydroxylation is 2. The lowest BCUT2D eigenvalue weighted by molar-refractivity contribution is 0.171. The van der Waals surface area contributed by atoms with Gasteiger partial charge in [-0.3, -0.25) is 0 Å². The zero-order valence-electron chi connectivity index (χ0n) is 12.1. The van der Waals surface area contributed by atoms with E-state index in [1.807, 2.05) is 0 Å². The van der Waals surface area contributed by atoms with E-state index >= 15 is 0 Å². The average molecular weight is 256 g/mol. The molecule has 0 spiro atoms. The Morgan fingerprint density at radius 1 is 1.21 bits per heavy atom. The fraction of sp³-hybridized carbons (Fsp3) is 0.529. The van der Waals surface area contributed by atoms with Crippen LogP contribution in [0.15, 0.2) is 30.5 Å². The Labute approximate surface area is 116 Å². The molecule has 1 unspecified atom stereocenters. The van der Waals surface area contributed by atoms with Crippen molar-refractivity contribution in [2.75, 3.05) is 13.6 Å². The highest BCUT2D eigenvalue weighted by molar-refractivity contribution is 5.83. The molecule has 0 amide bonds. The average Bonchev–Trinajstić information content (AvgIpc) is 2.83. The van der Waals surface area contributed by atoms with Crippen LogP contribution < -0.4 is 0 Å². The zero-order chi connectivity index (χ0) is 13.2. The Hall–Kier alpha value is -1.28. The SMILES string of the molecule is Cc1cccc2ccn(CCC3CCCCN3C)c12. The first-order chi connectivity index (χ1) is 9.25. The van der Waals surface area contributed by atoms with Gasteiger partial charge >= 0.3 is 0 Å². The first-order valence-electron chi connectivity index (χ1n) is 7.50. The maximum absolute atomic E-state index is 2.54. The molecule has 1 aromatic heterocycles. The summed E-state index contributed by atoms with van der Waals surface area (Å²) >= 11 is 0. The van der Waals surface area contributed by atoms with Gasteiger partial charge in [0.15, 0.2) is 0 Å². The Balaban J connectivity index is 1.75. The second kappa shape index (κ2) is 5.38. The predicted molar refractivity (Wildman–Crippen MR) is 81.6 cm³/mol. The molecule has 1 fully saturated rings. The van der Waals surface area contributed by atoms with Crippen molar-refractivity contribution in [3.63, 3.8) is 0 Å². The standard InChI is InChI=1S/C17H24N2/c1-14-6-5-7-15-9-12-19(17(14)15)13-10-16-8-3-4-11-18(16)2/h5-7,9,12,16H,3-4,8,10-11,13H2,1-2H3. The van der Waals surface area contributed by atoms with E-state index in [-0.39, 0.29) is 0 Å². The smallest absolute Gasteiger partial charge is 0.0509 e. The Kier molecular flexibility index (Phi) is 3.61. The highest BCUT2D eigenvalue weighted by atomic mass is 15.1. The fourth-order valence-electron chi connectivity index (χ4n) is 3.44. The number of hydrogen-bond acceptors (Lipinski definition) is 1. The molecule has 1 aromatic carbocycles. The van der Waals surface area contributed by atoms with Gasteiger partial charge in [0.05, 0.1) is 5.52 Å². The van der Waals surface area contributed by atoms with Crippen molar-refractivity contribution >= 4 is 10.9 Å². The van der Waals surface area contributed by atoms with E-state index < -0.39 is 0 Å². The number of para-hydroxylation sites is 1. The maximum Gasteiger partial charge on any atom is 0.0509 e. The van der Waals surface area contributed by atoms with Crippen molar-refractivity contribution in [1.82, 2.24) is 9.47 Å². The van der Waals surface area contributed by atoms with Gasteiger partial charge in [0, 0.05) is 18.8 Å². The maximum atomic E-state index is 2.54. The zero-order valence-corrected chi connectivity index (χ0v) is 12.1. The van der Waals surface area contributed by atoms with Crippen molar-refractivity contribution < 1.29 is 0 Å². The molecule has 1 atom stereocenters. The van der Waals surface area contributed by atoms with Crippen molar-refractivity contribution in [3.8, 4) is 0 Å². The number of likely N-dealkylation sites (tertiary alicyclic amines) is 1. The molecule has 19 heavy (non-hydrogen) atoms. The molecule has 2 heterocycles. The number of rotatable bonds is 3. The lowest BCUT2D eigenvalue weighted by atomic mass is 10.00. The van der Waals surface area contributed by atoms with Gasteiger partial charge < -0.3 is 9.47 Å². The first-order valence-corrected chi connectivity index (χ1v) is 7.50. The van der Waals surface area contributed by atoms with Gasteiger partial charge in [-0.15, -0.1) is 0 Å². The summed E-state index contributed by atoms with van der Waals surface area (Å²) in [6.07, 6.45) is 7.67. The minimum absolute atomic E-state index is 0.773. The third-order valence-corrected chi connectivity index (χ3v) is 4.61. The third-order valence-electron chi connectivity index (χ3n) is 4.61. The van der Waals surface area contributed by atoms with E-state index in [9.17, 15) is 0 Å². The van der Waals surface area contributed by atoms with Crippen molar-refractivity contribution in [2.24, 2.45) is 0 Å². The van der Waals surface area contributed by atoms with Crippen LogP contribution in [-0.2, 0) is 6.54 Å². The number of fused-ring (bicyclic) bond motifs is 1. The molecule has 0 aliphatic carbocycles.